The van der Waals surface area contributed by atoms with Gasteiger partial charge in [0.15, 0.2) is 0 Å². The van der Waals surface area contributed by atoms with Gasteiger partial charge in [0.1, 0.15) is 0 Å². The Hall–Kier alpha value is -7.42. The highest BCUT2D eigenvalue weighted by atomic mass is 15.1. The van der Waals surface area contributed by atoms with E-state index in [0.717, 1.165) is 35.6 Å². The van der Waals surface area contributed by atoms with Gasteiger partial charge in [0, 0.05) is 33.5 Å². The van der Waals surface area contributed by atoms with Crippen molar-refractivity contribution in [3.05, 3.63) is 241 Å². The molecule has 0 spiro atoms. The van der Waals surface area contributed by atoms with Gasteiger partial charge in [0.2, 0.25) is 0 Å². The normalized spacial score (nSPS) is 13.0. The average molecular weight is 825 g/mol. The average Bonchev–Trinajstić information content (AvgIpc) is 3.68. The summed E-state index contributed by atoms with van der Waals surface area (Å²) in [4.78, 5) is 2.31. The summed E-state index contributed by atoms with van der Waals surface area (Å²) >= 11 is 0. The molecule has 2 nitrogen and oxygen atoms in total. The number of benzene rings is 9. The molecule has 1 aliphatic carbocycles. The lowest BCUT2D eigenvalue weighted by Crippen LogP contribution is -2.09. The van der Waals surface area contributed by atoms with Crippen molar-refractivity contribution in [1.82, 2.24) is 4.57 Å². The molecule has 310 valence electrons. The number of aryl methyl sites for hydroxylation is 2. The number of hydrogen-bond acceptors (Lipinski definition) is 1. The van der Waals surface area contributed by atoms with Crippen LogP contribution in [0.25, 0.3) is 60.9 Å². The molecule has 0 radical (unpaired) electrons. The molecule has 0 bridgehead atoms. The summed E-state index contributed by atoms with van der Waals surface area (Å²) < 4.78 is 2.41. The monoisotopic (exact) mass is 824 g/mol. The summed E-state index contributed by atoms with van der Waals surface area (Å²) in [6.45, 7) is 4.73. The number of aromatic nitrogens is 1. The van der Waals surface area contributed by atoms with Gasteiger partial charge in [0.25, 0.3) is 0 Å². The summed E-state index contributed by atoms with van der Waals surface area (Å²) in [7, 11) is 0. The minimum Gasteiger partial charge on any atom is -0.311 e. The standard InChI is InChI=1S/C62H52N2/c1-3-44(46-23-25-47(26-24-46)51-29-27-48-28-30-52(48)40-51)39-43(2)45-19-21-49(22-20-45)53-33-37-61-59(41-53)60-42-54(34-38-62(60)64(61)57-17-11-6-12-18-57)50-31-35-58(36-32-50)63(55-13-7-4-8-14-55)56-15-9-5-10-16-56/h4-27,29,31-38,40-44H,3,28,30,39H2,1-2H3. The van der Waals surface area contributed by atoms with E-state index in [1.807, 2.05) is 0 Å². The molecule has 2 heteroatoms. The van der Waals surface area contributed by atoms with Gasteiger partial charge >= 0.3 is 0 Å². The van der Waals surface area contributed by atoms with Gasteiger partial charge in [-0.15, -0.1) is 0 Å². The molecule has 9 aromatic carbocycles. The Balaban J connectivity index is 0.879. The third-order valence-corrected chi connectivity index (χ3v) is 13.8. The Morgan fingerprint density at radius 3 is 1.36 bits per heavy atom. The van der Waals surface area contributed by atoms with Crippen LogP contribution in [0.15, 0.2) is 218 Å². The van der Waals surface area contributed by atoms with Gasteiger partial charge in [-0.25, -0.2) is 0 Å². The maximum absolute atomic E-state index is 2.41. The lowest BCUT2D eigenvalue weighted by molar-refractivity contribution is 0.544. The van der Waals surface area contributed by atoms with Crippen LogP contribution in [0.1, 0.15) is 60.8 Å². The largest absolute Gasteiger partial charge is 0.311 e. The topological polar surface area (TPSA) is 8.17 Å². The maximum atomic E-state index is 2.41. The molecule has 2 atom stereocenters. The van der Waals surface area contributed by atoms with Crippen molar-refractivity contribution in [2.45, 2.75) is 51.4 Å². The molecule has 10 aromatic rings. The van der Waals surface area contributed by atoms with E-state index in [1.165, 1.54) is 90.3 Å². The Morgan fingerprint density at radius 2 is 0.859 bits per heavy atom. The van der Waals surface area contributed by atoms with Crippen LogP contribution in [0.3, 0.4) is 0 Å². The second-order valence-electron chi connectivity index (χ2n) is 17.7. The molecule has 64 heavy (non-hydrogen) atoms. The van der Waals surface area contributed by atoms with Gasteiger partial charge in [-0.3, -0.25) is 0 Å². The zero-order valence-electron chi connectivity index (χ0n) is 36.7. The third kappa shape index (κ3) is 7.50. The SMILES string of the molecule is CCC(CC(C)c1ccc(-c2ccc3c(c2)c2cc(-c4ccc(N(c5ccccc5)c5ccccc5)cc4)ccc2n3-c2ccccc2)cc1)c1ccc(-c2ccc3c(c2)CC3)cc1. The Bertz CT molecular complexity index is 3160. The molecular formula is C62H52N2. The number of anilines is 3. The van der Waals surface area contributed by atoms with Gasteiger partial charge in [-0.05, 0) is 166 Å². The van der Waals surface area contributed by atoms with Gasteiger partial charge < -0.3 is 9.47 Å². The molecule has 0 saturated heterocycles. The molecule has 11 rings (SSSR count). The Morgan fingerprint density at radius 1 is 0.422 bits per heavy atom. The number of nitrogens with zero attached hydrogens (tertiary/aromatic N) is 2. The molecule has 0 amide bonds. The summed E-state index contributed by atoms with van der Waals surface area (Å²) in [5.41, 5.74) is 20.4. The van der Waals surface area contributed by atoms with Crippen LogP contribution in [0.5, 0.6) is 0 Å². The van der Waals surface area contributed by atoms with Crippen molar-refractivity contribution in [1.29, 1.82) is 0 Å². The van der Waals surface area contributed by atoms with Crippen molar-refractivity contribution >= 4 is 38.9 Å². The van der Waals surface area contributed by atoms with Crippen molar-refractivity contribution < 1.29 is 0 Å². The number of fused-ring (bicyclic) bond motifs is 4. The van der Waals surface area contributed by atoms with Crippen LogP contribution in [0.4, 0.5) is 17.1 Å². The quantitative estimate of drug-likeness (QED) is 0.119. The molecular weight excluding hydrogens is 773 g/mol. The zero-order valence-corrected chi connectivity index (χ0v) is 36.7. The lowest BCUT2D eigenvalue weighted by atomic mass is 9.83. The van der Waals surface area contributed by atoms with Crippen LogP contribution in [-0.4, -0.2) is 4.57 Å². The maximum Gasteiger partial charge on any atom is 0.0541 e. The van der Waals surface area contributed by atoms with E-state index in [4.69, 9.17) is 0 Å². The van der Waals surface area contributed by atoms with Crippen LogP contribution in [0.2, 0.25) is 0 Å². The molecule has 2 unspecified atom stereocenters. The molecule has 1 aliphatic rings. The molecule has 0 N–H and O–H groups in total. The lowest BCUT2D eigenvalue weighted by Gasteiger charge is -2.25. The van der Waals surface area contributed by atoms with E-state index in [9.17, 15) is 0 Å². The molecule has 1 heterocycles. The van der Waals surface area contributed by atoms with Crippen LogP contribution >= 0.6 is 0 Å². The summed E-state index contributed by atoms with van der Waals surface area (Å²) in [6.07, 6.45) is 4.71. The fourth-order valence-corrected chi connectivity index (χ4v) is 10.1. The highest BCUT2D eigenvalue weighted by molar-refractivity contribution is 6.11. The first-order chi connectivity index (χ1) is 31.6. The Kier molecular flexibility index (Phi) is 10.5. The van der Waals surface area contributed by atoms with Crippen molar-refractivity contribution in [2.24, 2.45) is 0 Å². The predicted octanol–water partition coefficient (Wildman–Crippen LogP) is 17.0. The van der Waals surface area contributed by atoms with E-state index >= 15 is 0 Å². The van der Waals surface area contributed by atoms with E-state index in [0.29, 0.717) is 11.8 Å². The van der Waals surface area contributed by atoms with Crippen LogP contribution in [-0.2, 0) is 12.8 Å². The van der Waals surface area contributed by atoms with Crippen molar-refractivity contribution in [2.75, 3.05) is 4.90 Å². The van der Waals surface area contributed by atoms with Crippen LogP contribution < -0.4 is 4.90 Å². The number of para-hydroxylation sites is 3. The van der Waals surface area contributed by atoms with Crippen molar-refractivity contribution in [3.8, 4) is 39.1 Å². The molecule has 0 fully saturated rings. The molecule has 0 aliphatic heterocycles. The molecule has 1 aromatic heterocycles. The summed E-state index contributed by atoms with van der Waals surface area (Å²) in [5.74, 6) is 0.969. The first-order valence-corrected chi connectivity index (χ1v) is 23.0. The van der Waals surface area contributed by atoms with Gasteiger partial charge in [-0.2, -0.15) is 0 Å². The highest BCUT2D eigenvalue weighted by Gasteiger charge is 2.19. The number of hydrogen-bond donors (Lipinski definition) is 0. The zero-order chi connectivity index (χ0) is 43.0. The van der Waals surface area contributed by atoms with E-state index in [2.05, 4.69) is 242 Å². The second kappa shape index (κ2) is 17.0. The van der Waals surface area contributed by atoms with Crippen LogP contribution in [0, 0.1) is 0 Å². The minimum atomic E-state index is 0.449. The second-order valence-corrected chi connectivity index (χ2v) is 17.7. The first kappa shape index (κ1) is 39.4. The van der Waals surface area contributed by atoms with Crippen molar-refractivity contribution in [3.63, 3.8) is 0 Å². The van der Waals surface area contributed by atoms with E-state index in [1.54, 1.807) is 0 Å². The predicted molar refractivity (Wildman–Crippen MR) is 272 cm³/mol. The first-order valence-electron chi connectivity index (χ1n) is 23.0. The Labute approximate surface area is 377 Å². The number of rotatable bonds is 12. The van der Waals surface area contributed by atoms with Gasteiger partial charge in [0.05, 0.1) is 11.0 Å². The highest BCUT2D eigenvalue weighted by Crippen LogP contribution is 2.40. The van der Waals surface area contributed by atoms with E-state index < -0.39 is 0 Å². The fourth-order valence-electron chi connectivity index (χ4n) is 10.1. The smallest absolute Gasteiger partial charge is 0.0541 e. The van der Waals surface area contributed by atoms with E-state index in [-0.39, 0.29) is 0 Å². The fraction of sp³-hybridized carbons (Fsp3) is 0.129. The minimum absolute atomic E-state index is 0.449. The summed E-state index contributed by atoms with van der Waals surface area (Å²) in [5, 5.41) is 2.50. The third-order valence-electron chi connectivity index (χ3n) is 13.8. The summed E-state index contributed by atoms with van der Waals surface area (Å²) in [6, 6.07) is 80.7. The molecule has 0 saturated carbocycles. The van der Waals surface area contributed by atoms with Gasteiger partial charge in [-0.1, -0.05) is 159 Å².